The molecule has 8 heteroatoms. The van der Waals surface area contributed by atoms with Crippen molar-refractivity contribution in [2.45, 2.75) is 51.9 Å². The predicted molar refractivity (Wildman–Crippen MR) is 134 cm³/mol. The third-order valence-corrected chi connectivity index (χ3v) is 6.83. The topological polar surface area (TPSA) is 78.3 Å². The molecule has 0 radical (unpaired) electrons. The lowest BCUT2D eigenvalue weighted by Gasteiger charge is -2.24. The first kappa shape index (κ1) is 24.1. The van der Waals surface area contributed by atoms with Crippen LogP contribution in [0.25, 0.3) is 11.4 Å². The Kier molecular flexibility index (Phi) is 7.77. The maximum absolute atomic E-state index is 12.9. The van der Waals surface area contributed by atoms with Crippen molar-refractivity contribution < 1.29 is 14.3 Å². The van der Waals surface area contributed by atoms with Gasteiger partial charge in [-0.05, 0) is 43.0 Å². The van der Waals surface area contributed by atoms with Gasteiger partial charge in [0.15, 0.2) is 22.5 Å². The zero-order valence-corrected chi connectivity index (χ0v) is 21.0. The molecule has 1 aliphatic heterocycles. The number of hydrogen-bond acceptors (Lipinski definition) is 6. The zero-order chi connectivity index (χ0) is 24.1. The number of nitrogens with one attached hydrogen (secondary N) is 1. The van der Waals surface area contributed by atoms with Crippen LogP contribution in [-0.2, 0) is 11.3 Å². The van der Waals surface area contributed by atoms with E-state index in [9.17, 15) is 4.79 Å². The van der Waals surface area contributed by atoms with Crippen LogP contribution in [0.4, 0.5) is 0 Å². The number of amides is 1. The third-order valence-electron chi connectivity index (χ3n) is 5.87. The van der Waals surface area contributed by atoms with Crippen molar-refractivity contribution >= 4 is 17.7 Å². The minimum Gasteiger partial charge on any atom is -0.490 e. The van der Waals surface area contributed by atoms with E-state index in [4.69, 9.17) is 9.47 Å². The number of ether oxygens (including phenoxy) is 2. The summed E-state index contributed by atoms with van der Waals surface area (Å²) in [5, 5.41) is 12.7. The zero-order valence-electron chi connectivity index (χ0n) is 20.2. The number of fused-ring (bicyclic) bond motifs is 1. The molecular weight excluding hydrogens is 448 g/mol. The maximum Gasteiger partial charge on any atom is 0.230 e. The van der Waals surface area contributed by atoms with Gasteiger partial charge in [-0.2, -0.15) is 0 Å². The van der Waals surface area contributed by atoms with E-state index in [1.54, 1.807) is 0 Å². The summed E-state index contributed by atoms with van der Waals surface area (Å²) in [6.45, 7) is 10.3. The number of carbonyl (C=O) groups excluding carboxylic acids is 1. The Morgan fingerprint density at radius 2 is 1.88 bits per heavy atom. The van der Waals surface area contributed by atoms with Crippen molar-refractivity contribution in [3.8, 4) is 22.9 Å². The van der Waals surface area contributed by atoms with Crippen molar-refractivity contribution in [1.82, 2.24) is 20.1 Å². The summed E-state index contributed by atoms with van der Waals surface area (Å²) in [7, 11) is 0. The number of aryl methyl sites for hydroxylation is 1. The first-order valence-electron chi connectivity index (χ1n) is 11.8. The third kappa shape index (κ3) is 5.38. The van der Waals surface area contributed by atoms with E-state index in [0.717, 1.165) is 52.1 Å². The monoisotopic (exact) mass is 480 g/mol. The van der Waals surface area contributed by atoms with Crippen LogP contribution in [0.2, 0.25) is 0 Å². The van der Waals surface area contributed by atoms with Gasteiger partial charge in [-0.15, -0.1) is 10.2 Å². The van der Waals surface area contributed by atoms with Crippen LogP contribution in [-0.4, -0.2) is 39.6 Å². The van der Waals surface area contributed by atoms with Gasteiger partial charge in [0.05, 0.1) is 25.0 Å². The fourth-order valence-electron chi connectivity index (χ4n) is 4.06. The van der Waals surface area contributed by atoms with Gasteiger partial charge >= 0.3 is 0 Å². The van der Waals surface area contributed by atoms with E-state index in [0.29, 0.717) is 13.2 Å². The Hall–Kier alpha value is -3.00. The van der Waals surface area contributed by atoms with E-state index >= 15 is 0 Å². The average molecular weight is 481 g/mol. The largest absolute Gasteiger partial charge is 0.490 e. The molecule has 1 unspecified atom stereocenters. The van der Waals surface area contributed by atoms with E-state index in [1.807, 2.05) is 30.3 Å². The quantitative estimate of drug-likeness (QED) is 0.455. The second-order valence-electron chi connectivity index (χ2n) is 8.70. The van der Waals surface area contributed by atoms with Gasteiger partial charge in [0, 0.05) is 18.5 Å². The second kappa shape index (κ2) is 11.0. The highest BCUT2D eigenvalue weighted by Crippen LogP contribution is 2.34. The van der Waals surface area contributed by atoms with Crippen molar-refractivity contribution in [2.75, 3.05) is 19.0 Å². The van der Waals surface area contributed by atoms with Gasteiger partial charge in [-0.1, -0.05) is 55.9 Å². The molecule has 0 saturated carbocycles. The van der Waals surface area contributed by atoms with E-state index in [-0.39, 0.29) is 23.6 Å². The normalized spacial score (nSPS) is 14.0. The molecule has 34 heavy (non-hydrogen) atoms. The number of rotatable bonds is 8. The molecule has 2 aromatic carbocycles. The number of benzene rings is 2. The molecule has 2 heterocycles. The highest BCUT2D eigenvalue weighted by Gasteiger charge is 2.22. The second-order valence-corrected chi connectivity index (χ2v) is 9.64. The van der Waals surface area contributed by atoms with Gasteiger partial charge in [0.2, 0.25) is 5.91 Å². The van der Waals surface area contributed by atoms with E-state index in [2.05, 4.69) is 59.9 Å². The molecule has 1 aromatic heterocycles. The van der Waals surface area contributed by atoms with E-state index < -0.39 is 0 Å². The van der Waals surface area contributed by atoms with Crippen molar-refractivity contribution in [3.63, 3.8) is 0 Å². The molecule has 0 fully saturated rings. The average Bonchev–Trinajstić information content (AvgIpc) is 3.09. The SMILES string of the molecule is CCn1c(SCC(=O)NC(c2ccc3c(c2)OCCCO3)C(C)C)nnc1-c1ccccc1C. The molecule has 1 aliphatic rings. The van der Waals surface area contributed by atoms with Gasteiger partial charge < -0.3 is 19.4 Å². The van der Waals surface area contributed by atoms with Gasteiger partial charge in [-0.3, -0.25) is 4.79 Å². The van der Waals surface area contributed by atoms with Crippen LogP contribution in [0.15, 0.2) is 47.6 Å². The lowest BCUT2D eigenvalue weighted by atomic mass is 9.95. The summed E-state index contributed by atoms with van der Waals surface area (Å²) in [6, 6.07) is 13.9. The summed E-state index contributed by atoms with van der Waals surface area (Å²) < 4.78 is 13.6. The van der Waals surface area contributed by atoms with Crippen LogP contribution in [0, 0.1) is 12.8 Å². The van der Waals surface area contributed by atoms with E-state index in [1.165, 1.54) is 11.8 Å². The molecule has 3 aromatic rings. The Labute approximate surface area is 205 Å². The number of carbonyl (C=O) groups is 1. The highest BCUT2D eigenvalue weighted by atomic mass is 32.2. The number of thioether (sulfide) groups is 1. The summed E-state index contributed by atoms with van der Waals surface area (Å²) >= 11 is 1.41. The molecule has 1 atom stereocenters. The first-order valence-corrected chi connectivity index (χ1v) is 12.8. The predicted octanol–water partition coefficient (Wildman–Crippen LogP) is 5.04. The molecule has 0 saturated heterocycles. The maximum atomic E-state index is 12.9. The first-order chi connectivity index (χ1) is 16.5. The highest BCUT2D eigenvalue weighted by molar-refractivity contribution is 7.99. The summed E-state index contributed by atoms with van der Waals surface area (Å²) in [6.07, 6.45) is 0.861. The molecule has 0 spiro atoms. The minimum atomic E-state index is -0.128. The Balaban J connectivity index is 1.45. The fraction of sp³-hybridized carbons (Fsp3) is 0.423. The molecule has 1 N–H and O–H groups in total. The summed E-state index contributed by atoms with van der Waals surface area (Å²) in [4.78, 5) is 12.9. The van der Waals surface area contributed by atoms with Crippen molar-refractivity contribution in [1.29, 1.82) is 0 Å². The van der Waals surface area contributed by atoms with Crippen LogP contribution in [0.3, 0.4) is 0 Å². The molecule has 180 valence electrons. The van der Waals surface area contributed by atoms with Crippen LogP contribution < -0.4 is 14.8 Å². The molecule has 0 aliphatic carbocycles. The van der Waals surface area contributed by atoms with Gasteiger partial charge in [0.1, 0.15) is 0 Å². The molecule has 7 nitrogen and oxygen atoms in total. The number of hydrogen-bond donors (Lipinski definition) is 1. The van der Waals surface area contributed by atoms with Crippen LogP contribution >= 0.6 is 11.8 Å². The summed E-state index contributed by atoms with van der Waals surface area (Å²) in [5.41, 5.74) is 3.22. The lowest BCUT2D eigenvalue weighted by Crippen LogP contribution is -2.33. The van der Waals surface area contributed by atoms with Gasteiger partial charge in [0.25, 0.3) is 0 Å². The number of aromatic nitrogens is 3. The Bertz CT molecular complexity index is 1140. The van der Waals surface area contributed by atoms with Crippen LogP contribution in [0.1, 0.15) is 44.4 Å². The number of nitrogens with zero attached hydrogens (tertiary/aromatic N) is 3. The summed E-state index contributed by atoms with van der Waals surface area (Å²) in [5.74, 6) is 2.76. The van der Waals surface area contributed by atoms with Gasteiger partial charge in [-0.25, -0.2) is 0 Å². The lowest BCUT2D eigenvalue weighted by molar-refractivity contribution is -0.119. The van der Waals surface area contributed by atoms with Crippen molar-refractivity contribution in [3.05, 3.63) is 53.6 Å². The molecular formula is C26H32N4O3S. The van der Waals surface area contributed by atoms with Crippen LogP contribution in [0.5, 0.6) is 11.5 Å². The standard InChI is InChI=1S/C26H32N4O3S/c1-5-30-25(20-10-7-6-9-18(20)4)28-29-26(30)34-16-23(31)27-24(17(2)3)19-11-12-21-22(15-19)33-14-8-13-32-21/h6-7,9-12,15,17,24H,5,8,13-14,16H2,1-4H3,(H,27,31). The Morgan fingerprint density at radius 1 is 1.12 bits per heavy atom. The molecule has 4 rings (SSSR count). The van der Waals surface area contributed by atoms with Crippen molar-refractivity contribution in [2.24, 2.45) is 5.92 Å². The minimum absolute atomic E-state index is 0.0427. The Morgan fingerprint density at radius 3 is 2.62 bits per heavy atom. The smallest absolute Gasteiger partial charge is 0.230 e. The molecule has 1 amide bonds. The fourth-order valence-corrected chi connectivity index (χ4v) is 4.87. The molecule has 0 bridgehead atoms.